The fraction of sp³-hybridized carbons (Fsp3) is 0.250. The van der Waals surface area contributed by atoms with E-state index in [1.54, 1.807) is 30.3 Å². The predicted molar refractivity (Wildman–Crippen MR) is 106 cm³/mol. The van der Waals surface area contributed by atoms with Gasteiger partial charge >= 0.3 is 0 Å². The summed E-state index contributed by atoms with van der Waals surface area (Å²) >= 11 is 0. The average molecular weight is 400 g/mol. The van der Waals surface area contributed by atoms with Crippen LogP contribution in [-0.4, -0.2) is 43.0 Å². The van der Waals surface area contributed by atoms with Crippen LogP contribution in [0.25, 0.3) is 6.08 Å². The van der Waals surface area contributed by atoms with Gasteiger partial charge in [0.25, 0.3) is 5.69 Å². The van der Waals surface area contributed by atoms with E-state index in [0.717, 1.165) is 5.56 Å². The predicted octanol–water partition coefficient (Wildman–Crippen LogP) is 3.00. The van der Waals surface area contributed by atoms with Gasteiger partial charge in [0.05, 0.1) is 15.9 Å². The normalized spacial score (nSPS) is 19.3. The van der Waals surface area contributed by atoms with Crippen molar-refractivity contribution in [2.45, 2.75) is 11.7 Å². The number of nitrogens with zero attached hydrogens (tertiary/aromatic N) is 2. The Balaban J connectivity index is 1.69. The standard InChI is InChI=1S/C20H20N2O5S/c23-20(11-8-16-6-9-18(10-7-16)22(24)25)21-13-12-19(28(26,27)15-14-21)17-4-2-1-3-5-17/h1-11,19H,12-15H2/b11-8+. The second-order valence-corrected chi connectivity index (χ2v) is 8.87. The number of nitro groups is 1. The molecule has 1 heterocycles. The molecule has 146 valence electrons. The zero-order valence-corrected chi connectivity index (χ0v) is 15.9. The minimum Gasteiger partial charge on any atom is -0.338 e. The Bertz CT molecular complexity index is 985. The monoisotopic (exact) mass is 400 g/mol. The van der Waals surface area contributed by atoms with Gasteiger partial charge in [-0.05, 0) is 35.8 Å². The second kappa shape index (κ2) is 8.35. The maximum atomic E-state index is 12.6. The average Bonchev–Trinajstić information content (AvgIpc) is 2.85. The fourth-order valence-electron chi connectivity index (χ4n) is 3.19. The van der Waals surface area contributed by atoms with Crippen molar-refractivity contribution in [1.82, 2.24) is 4.90 Å². The molecule has 28 heavy (non-hydrogen) atoms. The Labute approximate surface area is 163 Å². The second-order valence-electron chi connectivity index (χ2n) is 6.56. The van der Waals surface area contributed by atoms with Crippen molar-refractivity contribution in [2.75, 3.05) is 18.8 Å². The fourth-order valence-corrected chi connectivity index (χ4v) is 4.98. The lowest BCUT2D eigenvalue weighted by molar-refractivity contribution is -0.384. The van der Waals surface area contributed by atoms with E-state index in [1.807, 2.05) is 18.2 Å². The summed E-state index contributed by atoms with van der Waals surface area (Å²) in [5.74, 6) is -0.355. The third-order valence-electron chi connectivity index (χ3n) is 4.75. The molecule has 1 aliphatic rings. The van der Waals surface area contributed by atoms with Crippen molar-refractivity contribution in [1.29, 1.82) is 0 Å². The topological polar surface area (TPSA) is 97.6 Å². The SMILES string of the molecule is O=C(/C=C/c1ccc([N+](=O)[O-])cc1)N1CCC(c2ccccc2)S(=O)(=O)CC1. The van der Waals surface area contributed by atoms with Gasteiger partial charge in [0.15, 0.2) is 9.84 Å². The Morgan fingerprint density at radius 2 is 1.75 bits per heavy atom. The molecule has 1 unspecified atom stereocenters. The van der Waals surface area contributed by atoms with Gasteiger partial charge in [-0.25, -0.2) is 8.42 Å². The van der Waals surface area contributed by atoms with Gasteiger partial charge in [-0.2, -0.15) is 0 Å². The summed E-state index contributed by atoms with van der Waals surface area (Å²) in [6.07, 6.45) is 3.29. The molecular formula is C20H20N2O5S. The summed E-state index contributed by atoms with van der Waals surface area (Å²) in [6, 6.07) is 14.9. The van der Waals surface area contributed by atoms with Crippen molar-refractivity contribution in [3.05, 3.63) is 81.9 Å². The van der Waals surface area contributed by atoms with Crippen LogP contribution in [0.5, 0.6) is 0 Å². The molecule has 8 heteroatoms. The highest BCUT2D eigenvalue weighted by atomic mass is 32.2. The van der Waals surface area contributed by atoms with Crippen LogP contribution in [0.15, 0.2) is 60.7 Å². The highest BCUT2D eigenvalue weighted by Gasteiger charge is 2.32. The summed E-state index contributed by atoms with van der Waals surface area (Å²) in [4.78, 5) is 24.2. The smallest absolute Gasteiger partial charge is 0.269 e. The van der Waals surface area contributed by atoms with Gasteiger partial charge in [-0.15, -0.1) is 0 Å². The maximum Gasteiger partial charge on any atom is 0.269 e. The van der Waals surface area contributed by atoms with Crippen molar-refractivity contribution >= 4 is 27.5 Å². The number of nitro benzene ring substituents is 1. The van der Waals surface area contributed by atoms with E-state index in [-0.39, 0.29) is 23.9 Å². The van der Waals surface area contributed by atoms with Crippen LogP contribution in [0.3, 0.4) is 0 Å². The van der Waals surface area contributed by atoms with Gasteiger partial charge in [0.2, 0.25) is 5.91 Å². The summed E-state index contributed by atoms with van der Waals surface area (Å²) in [5.41, 5.74) is 1.38. The molecule has 0 spiro atoms. The van der Waals surface area contributed by atoms with E-state index >= 15 is 0 Å². The number of hydrogen-bond acceptors (Lipinski definition) is 5. The van der Waals surface area contributed by atoms with Gasteiger partial charge in [-0.1, -0.05) is 30.3 Å². The number of sulfone groups is 1. The highest BCUT2D eigenvalue weighted by Crippen LogP contribution is 2.29. The minimum absolute atomic E-state index is 0.0202. The van der Waals surface area contributed by atoms with E-state index in [2.05, 4.69) is 0 Å². The van der Waals surface area contributed by atoms with Crippen LogP contribution < -0.4 is 0 Å². The first-order valence-corrected chi connectivity index (χ1v) is 10.6. The molecular weight excluding hydrogens is 380 g/mol. The molecule has 2 aromatic carbocycles. The summed E-state index contributed by atoms with van der Waals surface area (Å²) in [5, 5.41) is 10.1. The van der Waals surface area contributed by atoms with E-state index in [9.17, 15) is 23.3 Å². The lowest BCUT2D eigenvalue weighted by atomic mass is 10.1. The summed E-state index contributed by atoms with van der Waals surface area (Å²) in [7, 11) is -3.34. The van der Waals surface area contributed by atoms with Crippen LogP contribution in [0.4, 0.5) is 5.69 Å². The van der Waals surface area contributed by atoms with Crippen LogP contribution >= 0.6 is 0 Å². The van der Waals surface area contributed by atoms with E-state index < -0.39 is 20.0 Å². The molecule has 0 radical (unpaired) electrons. The maximum absolute atomic E-state index is 12.6. The molecule has 3 rings (SSSR count). The zero-order valence-electron chi connectivity index (χ0n) is 15.1. The highest BCUT2D eigenvalue weighted by molar-refractivity contribution is 7.91. The molecule has 7 nitrogen and oxygen atoms in total. The van der Waals surface area contributed by atoms with Crippen LogP contribution in [0.2, 0.25) is 0 Å². The third-order valence-corrected chi connectivity index (χ3v) is 6.87. The van der Waals surface area contributed by atoms with Gasteiger partial charge < -0.3 is 4.90 Å². The number of benzene rings is 2. The first-order valence-electron chi connectivity index (χ1n) is 8.85. The molecule has 1 saturated heterocycles. The lowest BCUT2D eigenvalue weighted by Crippen LogP contribution is -2.32. The number of hydrogen-bond donors (Lipinski definition) is 0. The number of carbonyl (C=O) groups is 1. The summed E-state index contributed by atoms with van der Waals surface area (Å²) < 4.78 is 25.3. The lowest BCUT2D eigenvalue weighted by Gasteiger charge is -2.18. The zero-order chi connectivity index (χ0) is 20.1. The molecule has 0 saturated carbocycles. The quantitative estimate of drug-likeness (QED) is 0.446. The van der Waals surface area contributed by atoms with Crippen LogP contribution in [0, 0.1) is 10.1 Å². The largest absolute Gasteiger partial charge is 0.338 e. The van der Waals surface area contributed by atoms with Gasteiger partial charge in [-0.3, -0.25) is 14.9 Å². The number of rotatable bonds is 4. The molecule has 0 bridgehead atoms. The molecule has 1 amide bonds. The Kier molecular flexibility index (Phi) is 5.89. The minimum atomic E-state index is -3.34. The summed E-state index contributed by atoms with van der Waals surface area (Å²) in [6.45, 7) is 0.497. The number of amides is 1. The third kappa shape index (κ3) is 4.64. The van der Waals surface area contributed by atoms with Gasteiger partial charge in [0, 0.05) is 31.3 Å². The Hall–Kier alpha value is -3.00. The molecule has 1 aliphatic heterocycles. The van der Waals surface area contributed by atoms with Crippen molar-refractivity contribution in [3.63, 3.8) is 0 Å². The van der Waals surface area contributed by atoms with Crippen molar-refractivity contribution in [3.8, 4) is 0 Å². The van der Waals surface area contributed by atoms with Gasteiger partial charge in [0.1, 0.15) is 0 Å². The molecule has 2 aromatic rings. The van der Waals surface area contributed by atoms with Crippen molar-refractivity contribution in [2.24, 2.45) is 0 Å². The first kappa shape index (κ1) is 19.8. The van der Waals surface area contributed by atoms with E-state index in [4.69, 9.17) is 0 Å². The van der Waals surface area contributed by atoms with Crippen molar-refractivity contribution < 1.29 is 18.1 Å². The van der Waals surface area contributed by atoms with E-state index in [0.29, 0.717) is 18.5 Å². The molecule has 0 N–H and O–H groups in total. The molecule has 0 aromatic heterocycles. The Morgan fingerprint density at radius 1 is 1.07 bits per heavy atom. The number of non-ortho nitro benzene ring substituents is 1. The molecule has 1 fully saturated rings. The Morgan fingerprint density at radius 3 is 2.39 bits per heavy atom. The molecule has 0 aliphatic carbocycles. The number of carbonyl (C=O) groups excluding carboxylic acids is 1. The van der Waals surface area contributed by atoms with Crippen LogP contribution in [0.1, 0.15) is 22.8 Å². The molecule has 1 atom stereocenters. The van der Waals surface area contributed by atoms with Crippen LogP contribution in [-0.2, 0) is 14.6 Å². The first-order chi connectivity index (χ1) is 13.4. The van der Waals surface area contributed by atoms with E-state index in [1.165, 1.54) is 23.1 Å².